The molecule has 1 N–H and O–H groups in total. The van der Waals surface area contributed by atoms with E-state index in [-0.39, 0.29) is 0 Å². The fraction of sp³-hybridized carbons (Fsp3) is 0.500. The highest BCUT2D eigenvalue weighted by molar-refractivity contribution is 6.31. The highest BCUT2D eigenvalue weighted by Gasteiger charge is 2.14. The van der Waals surface area contributed by atoms with Gasteiger partial charge in [0.2, 0.25) is 0 Å². The second-order valence-corrected chi connectivity index (χ2v) is 9.90. The molecule has 0 aliphatic rings. The number of aromatic nitrogens is 1. The van der Waals surface area contributed by atoms with Gasteiger partial charge in [-0.25, -0.2) is 4.98 Å². The lowest BCUT2D eigenvalue weighted by Crippen LogP contribution is -2.30. The second kappa shape index (κ2) is 10.5. The Morgan fingerprint density at radius 3 is 2.52 bits per heavy atom. The summed E-state index contributed by atoms with van der Waals surface area (Å²) < 4.78 is 5.46. The van der Waals surface area contributed by atoms with Gasteiger partial charge >= 0.3 is 0 Å². The monoisotopic (exact) mass is 441 g/mol. The van der Waals surface area contributed by atoms with E-state index in [0.29, 0.717) is 10.4 Å². The Hall–Kier alpha value is -2.04. The van der Waals surface area contributed by atoms with Crippen LogP contribution in [0.1, 0.15) is 47.0 Å². The van der Waals surface area contributed by atoms with Gasteiger partial charge in [-0.05, 0) is 80.7 Å². The summed E-state index contributed by atoms with van der Waals surface area (Å²) in [6.45, 7) is 13.5. The van der Waals surface area contributed by atoms with Gasteiger partial charge in [0.15, 0.2) is 0 Å². The van der Waals surface area contributed by atoms with Gasteiger partial charge in [0.25, 0.3) is 0 Å². The molecule has 0 saturated carbocycles. The molecular weight excluding hydrogens is 406 g/mol. The molecule has 2 aromatic carbocycles. The minimum absolute atomic E-state index is 0.374. The molecule has 3 aromatic rings. The Labute approximate surface area is 191 Å². The van der Waals surface area contributed by atoms with Crippen LogP contribution in [0.15, 0.2) is 36.4 Å². The molecule has 5 heteroatoms. The molecule has 3 rings (SSSR count). The van der Waals surface area contributed by atoms with Gasteiger partial charge in [0, 0.05) is 22.3 Å². The highest BCUT2D eigenvalue weighted by atomic mass is 35.5. The van der Waals surface area contributed by atoms with E-state index in [1.807, 2.05) is 24.3 Å². The van der Waals surface area contributed by atoms with Crippen LogP contribution < -0.4 is 10.1 Å². The third-order valence-electron chi connectivity index (χ3n) is 5.61. The van der Waals surface area contributed by atoms with Crippen molar-refractivity contribution in [3.63, 3.8) is 0 Å². The summed E-state index contributed by atoms with van der Waals surface area (Å²) in [4.78, 5) is 7.41. The van der Waals surface area contributed by atoms with Crippen LogP contribution in [-0.4, -0.2) is 43.2 Å². The predicted molar refractivity (Wildman–Crippen MR) is 135 cm³/mol. The van der Waals surface area contributed by atoms with Crippen LogP contribution in [0, 0.1) is 5.41 Å². The van der Waals surface area contributed by atoms with Crippen molar-refractivity contribution in [1.82, 2.24) is 9.88 Å². The molecule has 0 amide bonds. The van der Waals surface area contributed by atoms with Gasteiger partial charge in [-0.3, -0.25) is 0 Å². The number of hydrogen-bond donors (Lipinski definition) is 1. The largest absolute Gasteiger partial charge is 0.497 e. The zero-order valence-corrected chi connectivity index (χ0v) is 20.4. The normalized spacial score (nSPS) is 12.1. The number of ether oxygens (including phenoxy) is 1. The molecule has 0 spiro atoms. The van der Waals surface area contributed by atoms with Crippen molar-refractivity contribution in [2.45, 2.75) is 47.0 Å². The predicted octanol–water partition coefficient (Wildman–Crippen LogP) is 7.00. The number of hydrogen-bond acceptors (Lipinski definition) is 4. The van der Waals surface area contributed by atoms with E-state index < -0.39 is 0 Å². The minimum Gasteiger partial charge on any atom is -0.497 e. The molecule has 0 aliphatic carbocycles. The number of methoxy groups -OCH3 is 1. The van der Waals surface area contributed by atoms with Crippen molar-refractivity contribution < 1.29 is 4.74 Å². The molecule has 0 fully saturated rings. The first-order valence-electron chi connectivity index (χ1n) is 11.3. The topological polar surface area (TPSA) is 37.4 Å². The quantitative estimate of drug-likeness (QED) is 0.271. The Balaban J connectivity index is 1.77. The molecule has 168 valence electrons. The number of pyridine rings is 1. The molecule has 4 nitrogen and oxygen atoms in total. The van der Waals surface area contributed by atoms with Crippen LogP contribution in [-0.2, 0) is 0 Å². The first-order chi connectivity index (χ1) is 14.8. The maximum atomic E-state index is 6.24. The molecule has 0 radical (unpaired) electrons. The van der Waals surface area contributed by atoms with E-state index in [1.165, 1.54) is 12.8 Å². The number of rotatable bonds is 10. The van der Waals surface area contributed by atoms with Crippen molar-refractivity contribution in [2.24, 2.45) is 5.41 Å². The first kappa shape index (κ1) is 23.6. The molecule has 0 saturated heterocycles. The molecule has 31 heavy (non-hydrogen) atoms. The lowest BCUT2D eigenvalue weighted by Gasteiger charge is -2.26. The fourth-order valence-corrected chi connectivity index (χ4v) is 4.04. The van der Waals surface area contributed by atoms with Crippen molar-refractivity contribution >= 4 is 39.1 Å². The van der Waals surface area contributed by atoms with Crippen molar-refractivity contribution in [3.8, 4) is 5.75 Å². The standard InChI is InChI=1S/C26H36ClN3O/c1-6-14-30(16-12-26(2,3)4)15-7-13-28-25-21-10-8-19(27)17-24(21)29-23-11-9-20(31-5)18-22(23)25/h8-11,17-18H,6-7,12-16H2,1-5H3,(H,28,29). The molecule has 0 atom stereocenters. The average Bonchev–Trinajstić information content (AvgIpc) is 2.73. The number of halogens is 1. The molecular formula is C26H36ClN3O. The van der Waals surface area contributed by atoms with Gasteiger partial charge in [-0.1, -0.05) is 39.3 Å². The summed E-state index contributed by atoms with van der Waals surface area (Å²) in [5, 5.41) is 6.57. The summed E-state index contributed by atoms with van der Waals surface area (Å²) in [5.41, 5.74) is 3.33. The van der Waals surface area contributed by atoms with Gasteiger partial charge in [0.05, 0.1) is 23.8 Å². The van der Waals surface area contributed by atoms with Gasteiger partial charge in [-0.15, -0.1) is 0 Å². The van der Waals surface area contributed by atoms with E-state index in [2.05, 4.69) is 50.0 Å². The average molecular weight is 442 g/mol. The van der Waals surface area contributed by atoms with Crippen molar-refractivity contribution in [2.75, 3.05) is 38.6 Å². The number of nitrogens with one attached hydrogen (secondary N) is 1. The minimum atomic E-state index is 0.374. The number of anilines is 1. The maximum absolute atomic E-state index is 6.24. The maximum Gasteiger partial charge on any atom is 0.119 e. The van der Waals surface area contributed by atoms with Crippen LogP contribution in [0.4, 0.5) is 5.69 Å². The SMILES string of the molecule is CCCN(CCCNc1c2ccc(Cl)cc2nc2ccc(OC)cc12)CCC(C)(C)C. The third kappa shape index (κ3) is 6.47. The van der Waals surface area contributed by atoms with Crippen LogP contribution in [0.25, 0.3) is 21.8 Å². The van der Waals surface area contributed by atoms with Gasteiger partial charge in [-0.2, -0.15) is 0 Å². The molecule has 1 heterocycles. The van der Waals surface area contributed by atoms with E-state index in [4.69, 9.17) is 21.3 Å². The number of benzene rings is 2. The van der Waals surface area contributed by atoms with Gasteiger partial charge in [0.1, 0.15) is 5.75 Å². The second-order valence-electron chi connectivity index (χ2n) is 9.46. The first-order valence-corrected chi connectivity index (χ1v) is 11.7. The summed E-state index contributed by atoms with van der Waals surface area (Å²) >= 11 is 6.24. The lowest BCUT2D eigenvalue weighted by molar-refractivity contribution is 0.227. The van der Waals surface area contributed by atoms with Gasteiger partial charge < -0.3 is 15.0 Å². The molecule has 0 unspecified atom stereocenters. The number of fused-ring (bicyclic) bond motifs is 2. The van der Waals surface area contributed by atoms with E-state index >= 15 is 0 Å². The van der Waals surface area contributed by atoms with Crippen LogP contribution >= 0.6 is 11.6 Å². The van der Waals surface area contributed by atoms with Crippen LogP contribution in [0.3, 0.4) is 0 Å². The van der Waals surface area contributed by atoms with Crippen molar-refractivity contribution in [3.05, 3.63) is 41.4 Å². The Morgan fingerprint density at radius 2 is 1.81 bits per heavy atom. The summed E-state index contributed by atoms with van der Waals surface area (Å²) in [6, 6.07) is 11.9. The van der Waals surface area contributed by atoms with E-state index in [1.54, 1.807) is 7.11 Å². The molecule has 0 aliphatic heterocycles. The van der Waals surface area contributed by atoms with E-state index in [9.17, 15) is 0 Å². The summed E-state index contributed by atoms with van der Waals surface area (Å²) in [7, 11) is 1.70. The Morgan fingerprint density at radius 1 is 1.00 bits per heavy atom. The zero-order valence-electron chi connectivity index (χ0n) is 19.6. The van der Waals surface area contributed by atoms with Crippen LogP contribution in [0.2, 0.25) is 5.02 Å². The Kier molecular flexibility index (Phi) is 8.01. The Bertz CT molecular complexity index is 1010. The van der Waals surface area contributed by atoms with Crippen molar-refractivity contribution in [1.29, 1.82) is 0 Å². The molecule has 0 bridgehead atoms. The lowest BCUT2D eigenvalue weighted by atomic mass is 9.92. The van der Waals surface area contributed by atoms with E-state index in [0.717, 1.165) is 65.8 Å². The smallest absolute Gasteiger partial charge is 0.119 e. The summed E-state index contributed by atoms with van der Waals surface area (Å²) in [5.74, 6) is 0.835. The zero-order chi connectivity index (χ0) is 22.4. The number of nitrogens with zero attached hydrogens (tertiary/aromatic N) is 2. The molecule has 1 aromatic heterocycles. The highest BCUT2D eigenvalue weighted by Crippen LogP contribution is 2.34. The fourth-order valence-electron chi connectivity index (χ4n) is 3.88. The van der Waals surface area contributed by atoms with Crippen LogP contribution in [0.5, 0.6) is 5.75 Å². The third-order valence-corrected chi connectivity index (χ3v) is 5.85. The summed E-state index contributed by atoms with van der Waals surface area (Å²) in [6.07, 6.45) is 3.51.